The summed E-state index contributed by atoms with van der Waals surface area (Å²) in [5.74, 6) is 0.866. The predicted molar refractivity (Wildman–Crippen MR) is 126 cm³/mol. The number of rotatable bonds is 4. The standard InChI is InChI=1S/C23H14Cl2N2O3S/c1-29-15-6-8-18-17(11-15)27-23(30-18)12-3-2-4-14(9-12)26-22(28)21-20(25)16-7-5-13(24)10-19(16)31-21/h2-11H,1H3,(H,26,28). The molecule has 2 heterocycles. The Balaban J connectivity index is 1.44. The van der Waals surface area contributed by atoms with E-state index in [0.29, 0.717) is 43.3 Å². The van der Waals surface area contributed by atoms with Gasteiger partial charge in [0.15, 0.2) is 5.58 Å². The Kier molecular flexibility index (Phi) is 5.06. The molecule has 3 aromatic carbocycles. The molecule has 0 aliphatic rings. The van der Waals surface area contributed by atoms with Crippen LogP contribution in [0.2, 0.25) is 10.0 Å². The molecule has 8 heteroatoms. The normalized spacial score (nSPS) is 11.2. The first-order valence-electron chi connectivity index (χ1n) is 9.26. The van der Waals surface area contributed by atoms with Crippen LogP contribution in [0.3, 0.4) is 0 Å². The molecule has 0 unspecified atom stereocenters. The summed E-state index contributed by atoms with van der Waals surface area (Å²) in [6, 6.07) is 18.1. The largest absolute Gasteiger partial charge is 0.497 e. The number of nitrogens with one attached hydrogen (secondary N) is 1. The van der Waals surface area contributed by atoms with E-state index in [1.165, 1.54) is 11.3 Å². The summed E-state index contributed by atoms with van der Waals surface area (Å²) < 4.78 is 12.0. The van der Waals surface area contributed by atoms with E-state index >= 15 is 0 Å². The molecule has 0 radical (unpaired) electrons. The van der Waals surface area contributed by atoms with E-state index in [4.69, 9.17) is 32.4 Å². The lowest BCUT2D eigenvalue weighted by molar-refractivity contribution is 0.103. The number of carbonyl (C=O) groups is 1. The molecular weight excluding hydrogens is 455 g/mol. The van der Waals surface area contributed by atoms with E-state index < -0.39 is 0 Å². The van der Waals surface area contributed by atoms with E-state index in [1.54, 1.807) is 31.4 Å². The number of nitrogens with zero attached hydrogens (tertiary/aromatic N) is 1. The second kappa shape index (κ2) is 7.89. The van der Waals surface area contributed by atoms with Gasteiger partial charge in [0.2, 0.25) is 5.89 Å². The highest BCUT2D eigenvalue weighted by molar-refractivity contribution is 7.21. The molecule has 0 saturated heterocycles. The number of ether oxygens (including phenoxy) is 1. The zero-order valence-corrected chi connectivity index (χ0v) is 18.4. The van der Waals surface area contributed by atoms with Gasteiger partial charge in [-0.2, -0.15) is 0 Å². The fourth-order valence-corrected chi connectivity index (χ4v) is 4.95. The number of hydrogen-bond donors (Lipinski definition) is 1. The zero-order chi connectivity index (χ0) is 21.5. The van der Waals surface area contributed by atoms with Crippen LogP contribution in [-0.2, 0) is 0 Å². The summed E-state index contributed by atoms with van der Waals surface area (Å²) in [5, 5.41) is 4.72. The van der Waals surface area contributed by atoms with Crippen LogP contribution in [-0.4, -0.2) is 18.0 Å². The van der Waals surface area contributed by atoms with Crippen LogP contribution in [0.5, 0.6) is 5.75 Å². The Morgan fingerprint density at radius 1 is 1.10 bits per heavy atom. The van der Waals surface area contributed by atoms with Crippen molar-refractivity contribution in [3.63, 3.8) is 0 Å². The summed E-state index contributed by atoms with van der Waals surface area (Å²) in [7, 11) is 1.60. The number of anilines is 1. The van der Waals surface area contributed by atoms with Crippen LogP contribution in [0.1, 0.15) is 9.67 Å². The van der Waals surface area contributed by atoms with Crippen molar-refractivity contribution in [2.75, 3.05) is 12.4 Å². The SMILES string of the molecule is COc1ccc2oc(-c3cccc(NC(=O)c4sc5cc(Cl)ccc5c4Cl)c3)nc2c1. The smallest absolute Gasteiger partial charge is 0.267 e. The van der Waals surface area contributed by atoms with Gasteiger partial charge in [0.05, 0.1) is 12.1 Å². The first kappa shape index (κ1) is 19.9. The van der Waals surface area contributed by atoms with Crippen molar-refractivity contribution in [1.29, 1.82) is 0 Å². The minimum atomic E-state index is -0.290. The zero-order valence-electron chi connectivity index (χ0n) is 16.1. The minimum Gasteiger partial charge on any atom is -0.497 e. The minimum absolute atomic E-state index is 0.290. The Hall–Kier alpha value is -3.06. The number of carbonyl (C=O) groups excluding carboxylic acids is 1. The average molecular weight is 469 g/mol. The number of fused-ring (bicyclic) bond motifs is 2. The maximum absolute atomic E-state index is 12.9. The third kappa shape index (κ3) is 3.74. The first-order chi connectivity index (χ1) is 15.0. The van der Waals surface area contributed by atoms with Crippen molar-refractivity contribution in [2.45, 2.75) is 0 Å². The van der Waals surface area contributed by atoms with Crippen molar-refractivity contribution in [3.05, 3.63) is 75.6 Å². The van der Waals surface area contributed by atoms with E-state index in [1.807, 2.05) is 36.4 Å². The van der Waals surface area contributed by atoms with Gasteiger partial charge in [-0.3, -0.25) is 4.79 Å². The van der Waals surface area contributed by atoms with E-state index in [0.717, 1.165) is 15.6 Å². The van der Waals surface area contributed by atoms with Crippen LogP contribution in [0.4, 0.5) is 5.69 Å². The highest BCUT2D eigenvalue weighted by atomic mass is 35.5. The molecule has 5 rings (SSSR count). The third-order valence-corrected chi connectivity index (χ3v) is 6.65. The van der Waals surface area contributed by atoms with Gasteiger partial charge in [-0.25, -0.2) is 4.98 Å². The van der Waals surface area contributed by atoms with Crippen molar-refractivity contribution in [1.82, 2.24) is 4.98 Å². The fourth-order valence-electron chi connectivity index (χ4n) is 3.26. The topological polar surface area (TPSA) is 64.4 Å². The second-order valence-electron chi connectivity index (χ2n) is 6.77. The molecule has 0 bridgehead atoms. The molecule has 31 heavy (non-hydrogen) atoms. The molecule has 0 fully saturated rings. The maximum atomic E-state index is 12.9. The highest BCUT2D eigenvalue weighted by Gasteiger charge is 2.18. The number of hydrogen-bond acceptors (Lipinski definition) is 5. The van der Waals surface area contributed by atoms with Gasteiger partial charge in [-0.05, 0) is 42.5 Å². The summed E-state index contributed by atoms with van der Waals surface area (Å²) in [4.78, 5) is 17.8. The van der Waals surface area contributed by atoms with E-state index in [2.05, 4.69) is 10.3 Å². The van der Waals surface area contributed by atoms with Crippen LogP contribution >= 0.6 is 34.5 Å². The number of thiophene rings is 1. The average Bonchev–Trinajstić information content (AvgIpc) is 3.34. The molecular formula is C23H14Cl2N2O3S. The lowest BCUT2D eigenvalue weighted by Gasteiger charge is -2.05. The van der Waals surface area contributed by atoms with Gasteiger partial charge in [-0.1, -0.05) is 35.3 Å². The second-order valence-corrected chi connectivity index (χ2v) is 8.64. The molecule has 5 aromatic rings. The highest BCUT2D eigenvalue weighted by Crippen LogP contribution is 2.37. The van der Waals surface area contributed by atoms with Gasteiger partial charge in [-0.15, -0.1) is 11.3 Å². The van der Waals surface area contributed by atoms with Crippen molar-refractivity contribution in [2.24, 2.45) is 0 Å². The number of benzene rings is 3. The molecule has 0 spiro atoms. The summed E-state index contributed by atoms with van der Waals surface area (Å²) in [5.41, 5.74) is 2.69. The molecule has 5 nitrogen and oxygen atoms in total. The predicted octanol–water partition coefficient (Wildman–Crippen LogP) is 7.28. The molecule has 1 amide bonds. The van der Waals surface area contributed by atoms with E-state index in [-0.39, 0.29) is 5.91 Å². The fraction of sp³-hybridized carbons (Fsp3) is 0.0435. The Morgan fingerprint density at radius 3 is 2.81 bits per heavy atom. The van der Waals surface area contributed by atoms with Gasteiger partial charge >= 0.3 is 0 Å². The molecule has 154 valence electrons. The molecule has 2 aromatic heterocycles. The lowest BCUT2D eigenvalue weighted by Crippen LogP contribution is -2.10. The Morgan fingerprint density at radius 2 is 1.97 bits per heavy atom. The number of methoxy groups -OCH3 is 1. The molecule has 1 N–H and O–H groups in total. The van der Waals surface area contributed by atoms with Gasteiger partial charge in [0.25, 0.3) is 5.91 Å². The third-order valence-electron chi connectivity index (χ3n) is 4.76. The van der Waals surface area contributed by atoms with Crippen molar-refractivity contribution >= 4 is 67.3 Å². The molecule has 0 aliphatic carbocycles. The molecule has 0 atom stereocenters. The van der Waals surface area contributed by atoms with Crippen LogP contribution in [0.25, 0.3) is 32.6 Å². The number of amides is 1. The van der Waals surface area contributed by atoms with E-state index in [9.17, 15) is 4.79 Å². The van der Waals surface area contributed by atoms with Gasteiger partial charge in [0, 0.05) is 32.4 Å². The Bertz CT molecular complexity index is 1460. The van der Waals surface area contributed by atoms with Crippen molar-refractivity contribution in [3.8, 4) is 17.2 Å². The van der Waals surface area contributed by atoms with Crippen LogP contribution in [0, 0.1) is 0 Å². The van der Waals surface area contributed by atoms with Gasteiger partial charge in [0.1, 0.15) is 16.1 Å². The Labute approximate surface area is 191 Å². The maximum Gasteiger partial charge on any atom is 0.267 e. The lowest BCUT2D eigenvalue weighted by atomic mass is 10.2. The summed E-state index contributed by atoms with van der Waals surface area (Å²) in [6.07, 6.45) is 0. The quantitative estimate of drug-likeness (QED) is 0.301. The monoisotopic (exact) mass is 468 g/mol. The van der Waals surface area contributed by atoms with Crippen LogP contribution in [0.15, 0.2) is 65.1 Å². The number of oxazole rings is 1. The van der Waals surface area contributed by atoms with Crippen molar-refractivity contribution < 1.29 is 13.9 Å². The van der Waals surface area contributed by atoms with Crippen LogP contribution < -0.4 is 10.1 Å². The van der Waals surface area contributed by atoms with Gasteiger partial charge < -0.3 is 14.5 Å². The summed E-state index contributed by atoms with van der Waals surface area (Å²) in [6.45, 7) is 0. The summed E-state index contributed by atoms with van der Waals surface area (Å²) >= 11 is 13.8. The number of aromatic nitrogens is 1. The first-order valence-corrected chi connectivity index (χ1v) is 10.8. The number of halogens is 2. The molecule has 0 saturated carbocycles. The molecule has 0 aliphatic heterocycles.